The van der Waals surface area contributed by atoms with Gasteiger partial charge in [0.2, 0.25) is 0 Å². The van der Waals surface area contributed by atoms with E-state index in [4.69, 9.17) is 10.7 Å². The van der Waals surface area contributed by atoms with E-state index in [1.165, 1.54) is 12.0 Å². The Morgan fingerprint density at radius 2 is 1.68 bits per heavy atom. The molecule has 1 aliphatic rings. The van der Waals surface area contributed by atoms with Gasteiger partial charge in [-0.1, -0.05) is 68.4 Å². The van der Waals surface area contributed by atoms with Gasteiger partial charge in [-0.3, -0.25) is 4.40 Å². The smallest absolute Gasteiger partial charge is 0.161 e. The Bertz CT molecular complexity index is 1480. The highest BCUT2D eigenvalue weighted by Crippen LogP contribution is 2.40. The highest BCUT2D eigenvalue weighted by atomic mass is 15.2. The summed E-state index contributed by atoms with van der Waals surface area (Å²) >= 11 is 0. The van der Waals surface area contributed by atoms with Gasteiger partial charge in [0, 0.05) is 23.1 Å². The Kier molecular flexibility index (Phi) is 4.96. The topological polar surface area (TPSA) is 69.1 Å². The third kappa shape index (κ3) is 3.48. The van der Waals surface area contributed by atoms with E-state index >= 15 is 0 Å². The largest absolute Gasteiger partial charge is 0.321 e. The molecule has 0 amide bonds. The molecule has 3 heterocycles. The highest BCUT2D eigenvalue weighted by molar-refractivity contribution is 5.91. The van der Waals surface area contributed by atoms with E-state index in [-0.39, 0.29) is 5.54 Å². The molecule has 5 heteroatoms. The van der Waals surface area contributed by atoms with Crippen molar-refractivity contribution in [3.05, 3.63) is 84.2 Å². The van der Waals surface area contributed by atoms with Crippen molar-refractivity contribution < 1.29 is 0 Å². The number of pyridine rings is 2. The predicted molar refractivity (Wildman–Crippen MR) is 137 cm³/mol. The average molecular weight is 448 g/mol. The van der Waals surface area contributed by atoms with Crippen LogP contribution in [0, 0.1) is 5.92 Å². The van der Waals surface area contributed by atoms with Crippen LogP contribution in [0.1, 0.15) is 44.5 Å². The number of fused-ring (bicyclic) bond motifs is 3. The number of hydrogen-bond acceptors (Lipinski definition) is 4. The van der Waals surface area contributed by atoms with Gasteiger partial charge in [-0.25, -0.2) is 4.98 Å². The maximum Gasteiger partial charge on any atom is 0.161 e. The van der Waals surface area contributed by atoms with Gasteiger partial charge in [0.25, 0.3) is 0 Å². The van der Waals surface area contributed by atoms with Crippen molar-refractivity contribution >= 4 is 16.7 Å². The van der Waals surface area contributed by atoms with Gasteiger partial charge in [-0.05, 0) is 54.5 Å². The van der Waals surface area contributed by atoms with E-state index in [9.17, 15) is 0 Å². The zero-order valence-corrected chi connectivity index (χ0v) is 19.7. The zero-order valence-electron chi connectivity index (χ0n) is 19.7. The molecule has 0 aliphatic heterocycles. The molecule has 5 aromatic rings. The van der Waals surface area contributed by atoms with Gasteiger partial charge in [-0.15, -0.1) is 10.2 Å². The van der Waals surface area contributed by atoms with Crippen molar-refractivity contribution in [2.24, 2.45) is 11.7 Å². The Morgan fingerprint density at radius 3 is 2.35 bits per heavy atom. The number of nitrogens with zero attached hydrogens (tertiary/aromatic N) is 4. The average Bonchev–Trinajstić information content (AvgIpc) is 3.25. The van der Waals surface area contributed by atoms with Crippen LogP contribution in [0.4, 0.5) is 0 Å². The maximum atomic E-state index is 6.57. The van der Waals surface area contributed by atoms with Gasteiger partial charge >= 0.3 is 0 Å². The van der Waals surface area contributed by atoms with Crippen LogP contribution in [0.5, 0.6) is 0 Å². The van der Waals surface area contributed by atoms with Gasteiger partial charge < -0.3 is 5.73 Å². The maximum absolute atomic E-state index is 6.57. The summed E-state index contributed by atoms with van der Waals surface area (Å²) in [5.41, 5.74) is 14.8. The second-order valence-electron chi connectivity index (χ2n) is 9.98. The molecule has 170 valence electrons. The van der Waals surface area contributed by atoms with Gasteiger partial charge in [-0.2, -0.15) is 0 Å². The standard InChI is InChI=1S/C29H29N5/c1-19(2)17-27-33-32-26-14-13-24-25(34(26)27)18-23(20-7-4-3-5-8-20)28(31-24)21-9-11-22(12-10-21)29(30)15-6-16-29/h3-5,7-14,18-19H,6,15-17,30H2,1-2H3. The molecule has 0 bridgehead atoms. The number of hydrogen-bond donors (Lipinski definition) is 1. The minimum Gasteiger partial charge on any atom is -0.321 e. The SMILES string of the molecule is CC(C)Cc1nnc2ccc3nc(-c4ccc(C5(N)CCC5)cc4)c(-c4ccccc4)cc3n12. The lowest BCUT2D eigenvalue weighted by Crippen LogP contribution is -2.43. The summed E-state index contributed by atoms with van der Waals surface area (Å²) < 4.78 is 2.16. The van der Waals surface area contributed by atoms with Gasteiger partial charge in [0.05, 0.1) is 16.7 Å². The van der Waals surface area contributed by atoms with Crippen molar-refractivity contribution in [2.45, 2.75) is 45.1 Å². The van der Waals surface area contributed by atoms with Crippen LogP contribution >= 0.6 is 0 Å². The van der Waals surface area contributed by atoms with Crippen LogP contribution in [-0.4, -0.2) is 19.6 Å². The molecule has 34 heavy (non-hydrogen) atoms. The van der Waals surface area contributed by atoms with Crippen molar-refractivity contribution in [1.82, 2.24) is 19.6 Å². The van der Waals surface area contributed by atoms with E-state index in [1.807, 2.05) is 18.2 Å². The fourth-order valence-corrected chi connectivity index (χ4v) is 5.03. The van der Waals surface area contributed by atoms with Crippen LogP contribution in [0.3, 0.4) is 0 Å². The van der Waals surface area contributed by atoms with E-state index in [2.05, 4.69) is 83.0 Å². The fourth-order valence-electron chi connectivity index (χ4n) is 5.03. The van der Waals surface area contributed by atoms with Crippen molar-refractivity contribution in [2.75, 3.05) is 0 Å². The molecular formula is C29H29N5. The second-order valence-corrected chi connectivity index (χ2v) is 9.98. The lowest BCUT2D eigenvalue weighted by Gasteiger charge is -2.38. The van der Waals surface area contributed by atoms with Crippen LogP contribution in [-0.2, 0) is 12.0 Å². The summed E-state index contributed by atoms with van der Waals surface area (Å²) in [6, 6.07) is 25.5. The second kappa shape index (κ2) is 8.03. The van der Waals surface area contributed by atoms with E-state index < -0.39 is 0 Å². The van der Waals surface area contributed by atoms with Gasteiger partial charge in [0.1, 0.15) is 5.82 Å². The molecular weight excluding hydrogens is 418 g/mol. The first-order chi connectivity index (χ1) is 16.5. The van der Waals surface area contributed by atoms with Crippen molar-refractivity contribution in [3.63, 3.8) is 0 Å². The Balaban J connectivity index is 1.57. The molecule has 2 aromatic carbocycles. The summed E-state index contributed by atoms with van der Waals surface area (Å²) in [6.45, 7) is 4.41. The van der Waals surface area contributed by atoms with E-state index in [0.29, 0.717) is 5.92 Å². The number of nitrogens with two attached hydrogens (primary N) is 1. The molecule has 5 nitrogen and oxygen atoms in total. The van der Waals surface area contributed by atoms with E-state index in [1.54, 1.807) is 0 Å². The molecule has 0 spiro atoms. The van der Waals surface area contributed by atoms with Crippen LogP contribution in [0.2, 0.25) is 0 Å². The molecule has 0 radical (unpaired) electrons. The minimum absolute atomic E-state index is 0.162. The quantitative estimate of drug-likeness (QED) is 0.351. The summed E-state index contributed by atoms with van der Waals surface area (Å²) in [5, 5.41) is 8.91. The molecule has 6 rings (SSSR count). The molecule has 0 atom stereocenters. The monoisotopic (exact) mass is 447 g/mol. The number of rotatable bonds is 5. The first-order valence-electron chi connectivity index (χ1n) is 12.1. The lowest BCUT2D eigenvalue weighted by atomic mass is 9.72. The molecule has 1 aliphatic carbocycles. The third-order valence-corrected chi connectivity index (χ3v) is 7.07. The molecule has 1 fully saturated rings. The first kappa shape index (κ1) is 21.0. The van der Waals surface area contributed by atoms with Gasteiger partial charge in [0.15, 0.2) is 5.65 Å². The van der Waals surface area contributed by atoms with Crippen LogP contribution in [0.15, 0.2) is 72.8 Å². The fraction of sp³-hybridized carbons (Fsp3) is 0.276. The Labute approximate surface area is 199 Å². The first-order valence-corrected chi connectivity index (χ1v) is 12.1. The highest BCUT2D eigenvalue weighted by Gasteiger charge is 2.34. The van der Waals surface area contributed by atoms with Crippen molar-refractivity contribution in [1.29, 1.82) is 0 Å². The number of aromatic nitrogens is 4. The predicted octanol–water partition coefficient (Wildman–Crippen LogP) is 6.15. The lowest BCUT2D eigenvalue weighted by molar-refractivity contribution is 0.253. The van der Waals surface area contributed by atoms with Crippen LogP contribution < -0.4 is 5.73 Å². The summed E-state index contributed by atoms with van der Waals surface area (Å²) in [6.07, 6.45) is 4.19. The number of benzene rings is 2. The Morgan fingerprint density at radius 1 is 0.912 bits per heavy atom. The normalized spacial score (nSPS) is 15.2. The summed E-state index contributed by atoms with van der Waals surface area (Å²) in [7, 11) is 0. The van der Waals surface area contributed by atoms with E-state index in [0.717, 1.165) is 64.2 Å². The molecule has 0 unspecified atom stereocenters. The van der Waals surface area contributed by atoms with Crippen molar-refractivity contribution in [3.8, 4) is 22.4 Å². The summed E-state index contributed by atoms with van der Waals surface area (Å²) in [5.74, 6) is 1.46. The minimum atomic E-state index is -0.162. The van der Waals surface area contributed by atoms with Crippen LogP contribution in [0.25, 0.3) is 39.1 Å². The molecule has 2 N–H and O–H groups in total. The Hall–Kier alpha value is -3.57. The third-order valence-electron chi connectivity index (χ3n) is 7.07. The molecule has 0 saturated heterocycles. The molecule has 3 aromatic heterocycles. The zero-order chi connectivity index (χ0) is 23.3. The summed E-state index contributed by atoms with van der Waals surface area (Å²) in [4.78, 5) is 5.19. The molecule has 1 saturated carbocycles.